The number of amides is 2. The Morgan fingerprint density at radius 1 is 1.00 bits per heavy atom. The Balaban J connectivity index is 1.63. The van der Waals surface area contributed by atoms with Crippen LogP contribution in [0.25, 0.3) is 0 Å². The lowest BCUT2D eigenvalue weighted by Gasteiger charge is -2.15. The summed E-state index contributed by atoms with van der Waals surface area (Å²) in [6.07, 6.45) is 0.234. The van der Waals surface area contributed by atoms with E-state index in [1.807, 2.05) is 37.3 Å². The van der Waals surface area contributed by atoms with E-state index in [0.29, 0.717) is 29.0 Å². The highest BCUT2D eigenvalue weighted by molar-refractivity contribution is 6.20. The maximum absolute atomic E-state index is 13.2. The van der Waals surface area contributed by atoms with Gasteiger partial charge in [-0.05, 0) is 60.5 Å². The second kappa shape index (κ2) is 8.52. The summed E-state index contributed by atoms with van der Waals surface area (Å²) in [5.41, 5.74) is 2.87. The van der Waals surface area contributed by atoms with Gasteiger partial charge in [0.1, 0.15) is 11.7 Å². The van der Waals surface area contributed by atoms with E-state index < -0.39 is 17.6 Å². The smallest absolute Gasteiger partial charge is 0.244 e. The van der Waals surface area contributed by atoms with E-state index in [4.69, 9.17) is 0 Å². The van der Waals surface area contributed by atoms with Crippen LogP contribution in [-0.2, 0) is 16.0 Å². The Hall–Kier alpha value is -3.80. The SMILES string of the molecule is CCN1C(=O)C(C(=O)Nc2ccc(F)cc2)c2cc(C(=O)Cc3ccccc3)ccc21. The molecule has 1 unspecified atom stereocenters. The van der Waals surface area contributed by atoms with E-state index in [-0.39, 0.29) is 18.1 Å². The molecule has 4 rings (SSSR count). The Morgan fingerprint density at radius 2 is 1.71 bits per heavy atom. The highest BCUT2D eigenvalue weighted by atomic mass is 19.1. The molecule has 0 aliphatic carbocycles. The summed E-state index contributed by atoms with van der Waals surface area (Å²) in [5.74, 6) is -2.43. The van der Waals surface area contributed by atoms with Crippen molar-refractivity contribution in [2.45, 2.75) is 19.3 Å². The van der Waals surface area contributed by atoms with Crippen molar-refractivity contribution < 1.29 is 18.8 Å². The largest absolute Gasteiger partial charge is 0.325 e. The van der Waals surface area contributed by atoms with E-state index in [1.165, 1.54) is 29.2 Å². The number of carbonyl (C=O) groups is 3. The minimum atomic E-state index is -1.07. The number of rotatable bonds is 6. The van der Waals surface area contributed by atoms with Gasteiger partial charge in [-0.15, -0.1) is 0 Å². The Bertz CT molecular complexity index is 1140. The van der Waals surface area contributed by atoms with Gasteiger partial charge in [0, 0.05) is 29.9 Å². The highest BCUT2D eigenvalue weighted by Gasteiger charge is 2.41. The van der Waals surface area contributed by atoms with Crippen molar-refractivity contribution in [2.24, 2.45) is 0 Å². The third-order valence-corrected chi connectivity index (χ3v) is 5.36. The summed E-state index contributed by atoms with van der Waals surface area (Å²) in [6, 6.07) is 19.8. The first kappa shape index (κ1) is 20.5. The van der Waals surface area contributed by atoms with Gasteiger partial charge >= 0.3 is 0 Å². The maximum Gasteiger partial charge on any atom is 0.244 e. The molecule has 0 fully saturated rings. The predicted molar refractivity (Wildman–Crippen MR) is 117 cm³/mol. The molecule has 5 nitrogen and oxygen atoms in total. The van der Waals surface area contributed by atoms with Gasteiger partial charge in [-0.2, -0.15) is 0 Å². The molecular formula is C25H21FN2O3. The highest BCUT2D eigenvalue weighted by Crippen LogP contribution is 2.38. The Morgan fingerprint density at radius 3 is 2.39 bits per heavy atom. The first-order valence-electron chi connectivity index (χ1n) is 10.1. The van der Waals surface area contributed by atoms with Crippen molar-refractivity contribution in [2.75, 3.05) is 16.8 Å². The summed E-state index contributed by atoms with van der Waals surface area (Å²) < 4.78 is 13.2. The third-order valence-electron chi connectivity index (χ3n) is 5.36. The molecule has 3 aromatic rings. The first-order chi connectivity index (χ1) is 15.0. The van der Waals surface area contributed by atoms with Gasteiger partial charge in [-0.3, -0.25) is 14.4 Å². The number of nitrogens with one attached hydrogen (secondary N) is 1. The molecular weight excluding hydrogens is 395 g/mol. The number of carbonyl (C=O) groups excluding carboxylic acids is 3. The van der Waals surface area contributed by atoms with Gasteiger partial charge < -0.3 is 10.2 Å². The molecule has 0 bridgehead atoms. The molecule has 156 valence electrons. The normalized spacial score (nSPS) is 15.0. The number of nitrogens with zero attached hydrogens (tertiary/aromatic N) is 1. The van der Waals surface area contributed by atoms with Crippen LogP contribution in [0.5, 0.6) is 0 Å². The summed E-state index contributed by atoms with van der Waals surface area (Å²) in [7, 11) is 0. The molecule has 31 heavy (non-hydrogen) atoms. The number of Topliss-reactive ketones (excluding diaryl/α,β-unsaturated/α-hetero) is 1. The lowest BCUT2D eigenvalue weighted by Crippen LogP contribution is -2.33. The molecule has 1 heterocycles. The Kier molecular flexibility index (Phi) is 5.62. The fourth-order valence-corrected chi connectivity index (χ4v) is 3.82. The van der Waals surface area contributed by atoms with Crippen molar-refractivity contribution in [3.63, 3.8) is 0 Å². The number of likely N-dealkylation sites (N-methyl/N-ethyl adjacent to an activating group) is 1. The molecule has 0 saturated heterocycles. The zero-order valence-electron chi connectivity index (χ0n) is 17.0. The van der Waals surface area contributed by atoms with Gasteiger partial charge in [0.2, 0.25) is 11.8 Å². The van der Waals surface area contributed by atoms with Crippen LogP contribution in [-0.4, -0.2) is 24.1 Å². The standard InChI is InChI=1S/C25H21FN2O3/c1-2-28-21-13-8-17(22(29)14-16-6-4-3-5-7-16)15-20(21)23(25(28)31)24(30)27-19-11-9-18(26)10-12-19/h3-13,15,23H,2,14H2,1H3,(H,27,30). The van der Waals surface area contributed by atoms with Crippen LogP contribution in [0.3, 0.4) is 0 Å². The minimum absolute atomic E-state index is 0.0888. The number of halogens is 1. The molecule has 6 heteroatoms. The molecule has 1 N–H and O–H groups in total. The van der Waals surface area contributed by atoms with Crippen molar-refractivity contribution in [3.8, 4) is 0 Å². The van der Waals surface area contributed by atoms with Crippen LogP contribution in [0.1, 0.15) is 34.3 Å². The lowest BCUT2D eigenvalue weighted by atomic mass is 9.95. The van der Waals surface area contributed by atoms with Crippen molar-refractivity contribution >= 4 is 29.0 Å². The first-order valence-corrected chi connectivity index (χ1v) is 10.1. The number of fused-ring (bicyclic) bond motifs is 1. The van der Waals surface area contributed by atoms with E-state index in [2.05, 4.69) is 5.32 Å². The number of anilines is 2. The number of hydrogen-bond acceptors (Lipinski definition) is 3. The monoisotopic (exact) mass is 416 g/mol. The lowest BCUT2D eigenvalue weighted by molar-refractivity contribution is -0.126. The molecule has 0 saturated carbocycles. The van der Waals surface area contributed by atoms with E-state index in [9.17, 15) is 18.8 Å². The van der Waals surface area contributed by atoms with Crippen molar-refractivity contribution in [1.82, 2.24) is 0 Å². The molecule has 0 spiro atoms. The van der Waals surface area contributed by atoms with Crippen LogP contribution >= 0.6 is 0 Å². The van der Waals surface area contributed by atoms with Gasteiger partial charge in [0.15, 0.2) is 5.78 Å². The number of hydrogen-bond donors (Lipinski definition) is 1. The molecule has 3 aromatic carbocycles. The second-order valence-electron chi connectivity index (χ2n) is 7.37. The van der Waals surface area contributed by atoms with E-state index in [0.717, 1.165) is 5.56 Å². The molecule has 2 amide bonds. The van der Waals surface area contributed by atoms with Gasteiger partial charge in [0.25, 0.3) is 0 Å². The minimum Gasteiger partial charge on any atom is -0.325 e. The van der Waals surface area contributed by atoms with Crippen LogP contribution < -0.4 is 10.2 Å². The summed E-state index contributed by atoms with van der Waals surface area (Å²) >= 11 is 0. The van der Waals surface area contributed by atoms with Crippen molar-refractivity contribution in [1.29, 1.82) is 0 Å². The van der Waals surface area contributed by atoms with Crippen LogP contribution in [0.15, 0.2) is 72.8 Å². The summed E-state index contributed by atoms with van der Waals surface area (Å²) in [6.45, 7) is 2.24. The quantitative estimate of drug-likeness (QED) is 0.480. The fourth-order valence-electron chi connectivity index (χ4n) is 3.82. The van der Waals surface area contributed by atoms with Crippen LogP contribution in [0, 0.1) is 5.82 Å². The summed E-state index contributed by atoms with van der Waals surface area (Å²) in [5, 5.41) is 2.68. The van der Waals surface area contributed by atoms with Crippen LogP contribution in [0.2, 0.25) is 0 Å². The van der Waals surface area contributed by atoms with E-state index in [1.54, 1.807) is 18.2 Å². The fraction of sp³-hybridized carbons (Fsp3) is 0.160. The number of ketones is 1. The second-order valence-corrected chi connectivity index (χ2v) is 7.37. The molecule has 0 radical (unpaired) electrons. The summed E-state index contributed by atoms with van der Waals surface area (Å²) in [4.78, 5) is 40.3. The van der Waals surface area contributed by atoms with Gasteiger partial charge in [-0.25, -0.2) is 4.39 Å². The third kappa shape index (κ3) is 4.10. The average molecular weight is 416 g/mol. The zero-order chi connectivity index (χ0) is 22.0. The van der Waals surface area contributed by atoms with Crippen molar-refractivity contribution in [3.05, 3.63) is 95.3 Å². The Labute approximate surface area is 179 Å². The van der Waals surface area contributed by atoms with Gasteiger partial charge in [-0.1, -0.05) is 30.3 Å². The molecule has 1 aliphatic heterocycles. The van der Waals surface area contributed by atoms with Gasteiger partial charge in [0.05, 0.1) is 0 Å². The topological polar surface area (TPSA) is 66.5 Å². The van der Waals surface area contributed by atoms with E-state index >= 15 is 0 Å². The molecule has 1 atom stereocenters. The maximum atomic E-state index is 13.2. The zero-order valence-corrected chi connectivity index (χ0v) is 17.0. The molecule has 0 aromatic heterocycles. The van der Waals surface area contributed by atoms with Crippen LogP contribution in [0.4, 0.5) is 15.8 Å². The number of benzene rings is 3. The molecule has 1 aliphatic rings. The average Bonchev–Trinajstić information content (AvgIpc) is 3.06. The predicted octanol–water partition coefficient (Wildman–Crippen LogP) is 4.34.